The van der Waals surface area contributed by atoms with Gasteiger partial charge >= 0.3 is 0 Å². The largest absolute Gasteiger partial charge is 0.324 e. The summed E-state index contributed by atoms with van der Waals surface area (Å²) in [7, 11) is -3.19. The molecule has 3 aromatic rings. The van der Waals surface area contributed by atoms with Crippen molar-refractivity contribution in [3.63, 3.8) is 0 Å². The summed E-state index contributed by atoms with van der Waals surface area (Å²) in [4.78, 5) is 11.2. The van der Waals surface area contributed by atoms with E-state index in [1.807, 2.05) is 13.0 Å². The number of hydrogen-bond acceptors (Lipinski definition) is 8. The zero-order valence-electron chi connectivity index (χ0n) is 22.8. The van der Waals surface area contributed by atoms with Gasteiger partial charge in [-0.3, -0.25) is 5.10 Å². The highest BCUT2D eigenvalue weighted by Gasteiger charge is 2.29. The highest BCUT2D eigenvalue weighted by atomic mass is 35.5. The summed E-state index contributed by atoms with van der Waals surface area (Å²) in [5.74, 6) is 2.11. The van der Waals surface area contributed by atoms with Crippen LogP contribution in [-0.2, 0) is 10.0 Å². The average Bonchev–Trinajstić information content (AvgIpc) is 3.29. The first-order valence-corrected chi connectivity index (χ1v) is 15.6. The number of H-pyrrole nitrogens is 1. The summed E-state index contributed by atoms with van der Waals surface area (Å²) in [6, 6.07) is 6.19. The number of nitrogens with one attached hydrogen (secondary N) is 3. The fourth-order valence-corrected chi connectivity index (χ4v) is 6.96. The van der Waals surface area contributed by atoms with Crippen LogP contribution in [0.3, 0.4) is 0 Å². The summed E-state index contributed by atoms with van der Waals surface area (Å²) < 4.78 is 27.4. The van der Waals surface area contributed by atoms with Gasteiger partial charge in [0.2, 0.25) is 16.0 Å². The molecule has 12 heteroatoms. The zero-order chi connectivity index (χ0) is 27.6. The SMILES string of the molecule is Cc1cc(Nc2nc(Nc3cc(C)c(C4CCN(S(=O)(=O)CCCN5CCC5)CC4)cc3C)ncc2Cl)n[nH]1. The number of benzene rings is 1. The summed E-state index contributed by atoms with van der Waals surface area (Å²) in [6.07, 6.45) is 5.17. The van der Waals surface area contributed by atoms with Crippen LogP contribution in [0.1, 0.15) is 54.0 Å². The van der Waals surface area contributed by atoms with Crippen LogP contribution in [-0.4, -0.2) is 76.3 Å². The Morgan fingerprint density at radius 1 is 1.05 bits per heavy atom. The number of sulfonamides is 1. The molecule has 2 aromatic heterocycles. The maximum Gasteiger partial charge on any atom is 0.229 e. The van der Waals surface area contributed by atoms with Crippen molar-refractivity contribution in [1.29, 1.82) is 0 Å². The molecule has 0 unspecified atom stereocenters. The van der Waals surface area contributed by atoms with Crippen LogP contribution >= 0.6 is 11.6 Å². The lowest BCUT2D eigenvalue weighted by Crippen LogP contribution is -2.41. The number of hydrogen-bond donors (Lipinski definition) is 3. The highest BCUT2D eigenvalue weighted by Crippen LogP contribution is 2.35. The number of aryl methyl sites for hydroxylation is 3. The number of nitrogens with zero attached hydrogens (tertiary/aromatic N) is 5. The van der Waals surface area contributed by atoms with Gasteiger partial charge in [0.25, 0.3) is 0 Å². The molecule has 39 heavy (non-hydrogen) atoms. The molecule has 1 aromatic carbocycles. The molecule has 10 nitrogen and oxygen atoms in total. The van der Waals surface area contributed by atoms with Gasteiger partial charge in [-0.05, 0) is 94.8 Å². The maximum atomic E-state index is 12.9. The maximum absolute atomic E-state index is 12.9. The van der Waals surface area contributed by atoms with E-state index in [1.165, 1.54) is 17.5 Å². The molecule has 0 saturated carbocycles. The van der Waals surface area contributed by atoms with Gasteiger partial charge in [-0.25, -0.2) is 17.7 Å². The Morgan fingerprint density at radius 2 is 1.82 bits per heavy atom. The van der Waals surface area contributed by atoms with Crippen molar-refractivity contribution < 1.29 is 8.42 Å². The Bertz CT molecular complexity index is 1420. The molecular weight excluding hydrogens is 536 g/mol. The van der Waals surface area contributed by atoms with Crippen molar-refractivity contribution >= 4 is 44.9 Å². The highest BCUT2D eigenvalue weighted by molar-refractivity contribution is 7.89. The van der Waals surface area contributed by atoms with E-state index in [4.69, 9.17) is 11.6 Å². The Labute approximate surface area is 235 Å². The van der Waals surface area contributed by atoms with E-state index in [0.717, 1.165) is 49.4 Å². The number of aromatic amines is 1. The summed E-state index contributed by atoms with van der Waals surface area (Å²) in [5, 5.41) is 13.9. The molecule has 0 aliphatic carbocycles. The van der Waals surface area contributed by atoms with E-state index in [0.29, 0.717) is 48.0 Å². The minimum atomic E-state index is -3.19. The summed E-state index contributed by atoms with van der Waals surface area (Å²) in [5.41, 5.74) is 5.37. The lowest BCUT2D eigenvalue weighted by atomic mass is 9.86. The first-order valence-electron chi connectivity index (χ1n) is 13.6. The third kappa shape index (κ3) is 6.71. The van der Waals surface area contributed by atoms with Crippen molar-refractivity contribution in [2.75, 3.05) is 49.1 Å². The molecule has 0 spiro atoms. The van der Waals surface area contributed by atoms with Crippen molar-refractivity contribution in [3.8, 4) is 0 Å². The normalized spacial score (nSPS) is 17.2. The number of rotatable bonds is 10. The van der Waals surface area contributed by atoms with Crippen LogP contribution in [0.25, 0.3) is 0 Å². The van der Waals surface area contributed by atoms with Crippen molar-refractivity contribution in [3.05, 3.63) is 51.8 Å². The van der Waals surface area contributed by atoms with Crippen LogP contribution in [0.4, 0.5) is 23.3 Å². The number of aromatic nitrogens is 4. The molecule has 0 atom stereocenters. The molecule has 0 amide bonds. The second-order valence-corrected chi connectivity index (χ2v) is 13.1. The zero-order valence-corrected chi connectivity index (χ0v) is 24.4. The topological polar surface area (TPSA) is 119 Å². The molecule has 2 aliphatic rings. The summed E-state index contributed by atoms with van der Waals surface area (Å²) in [6.45, 7) is 10.3. The van der Waals surface area contributed by atoms with Crippen LogP contribution in [0.5, 0.6) is 0 Å². The van der Waals surface area contributed by atoms with E-state index in [1.54, 1.807) is 10.5 Å². The fourth-order valence-electron chi connectivity index (χ4n) is 5.30. The fraction of sp³-hybridized carbons (Fsp3) is 0.519. The van der Waals surface area contributed by atoms with Crippen LogP contribution in [0.2, 0.25) is 5.02 Å². The molecule has 5 rings (SSSR count). The van der Waals surface area contributed by atoms with E-state index in [-0.39, 0.29) is 5.75 Å². The Kier molecular flexibility index (Phi) is 8.41. The average molecular weight is 573 g/mol. The molecule has 4 heterocycles. The van der Waals surface area contributed by atoms with Gasteiger partial charge in [0.15, 0.2) is 11.6 Å². The summed E-state index contributed by atoms with van der Waals surface area (Å²) >= 11 is 6.31. The van der Waals surface area contributed by atoms with E-state index in [2.05, 4.69) is 61.7 Å². The standard InChI is InChI=1S/C27H37ClN8O2S/c1-18-15-24(30-27-29-17-23(28)26(32-27)31-25-16-20(3)33-34-25)19(2)14-22(18)21-6-11-36(12-7-21)39(37,38)13-5-10-35-8-4-9-35/h14-17,21H,4-13H2,1-3H3,(H3,29,30,31,32,33,34). The van der Waals surface area contributed by atoms with E-state index in [9.17, 15) is 8.42 Å². The number of halogens is 1. The predicted octanol–water partition coefficient (Wildman–Crippen LogP) is 4.87. The number of piperidine rings is 1. The minimum Gasteiger partial charge on any atom is -0.324 e. The van der Waals surface area contributed by atoms with Gasteiger partial charge in [-0.2, -0.15) is 10.1 Å². The van der Waals surface area contributed by atoms with Crippen LogP contribution in [0, 0.1) is 20.8 Å². The molecule has 0 radical (unpaired) electrons. The molecule has 3 N–H and O–H groups in total. The van der Waals surface area contributed by atoms with Gasteiger partial charge in [-0.15, -0.1) is 0 Å². The Balaban J connectivity index is 1.21. The van der Waals surface area contributed by atoms with Crippen molar-refractivity contribution in [2.45, 2.75) is 52.4 Å². The third-order valence-electron chi connectivity index (χ3n) is 7.67. The number of anilines is 4. The van der Waals surface area contributed by atoms with E-state index >= 15 is 0 Å². The monoisotopic (exact) mass is 572 g/mol. The molecule has 2 aliphatic heterocycles. The molecule has 2 saturated heterocycles. The molecular formula is C27H37ClN8O2S. The van der Waals surface area contributed by atoms with Gasteiger partial charge in [0.1, 0.15) is 5.02 Å². The van der Waals surface area contributed by atoms with Crippen molar-refractivity contribution in [2.24, 2.45) is 0 Å². The molecule has 0 bridgehead atoms. The van der Waals surface area contributed by atoms with Crippen LogP contribution < -0.4 is 10.6 Å². The van der Waals surface area contributed by atoms with Crippen molar-refractivity contribution in [1.82, 2.24) is 29.4 Å². The number of likely N-dealkylation sites (tertiary alicyclic amines) is 1. The van der Waals surface area contributed by atoms with E-state index < -0.39 is 10.0 Å². The lowest BCUT2D eigenvalue weighted by molar-refractivity contribution is 0.182. The van der Waals surface area contributed by atoms with Gasteiger partial charge in [0.05, 0.1) is 11.9 Å². The Hall–Kier alpha value is -2.73. The molecule has 210 valence electrons. The Morgan fingerprint density at radius 3 is 2.49 bits per heavy atom. The first-order chi connectivity index (χ1) is 18.7. The van der Waals surface area contributed by atoms with Gasteiger partial charge in [-0.1, -0.05) is 17.7 Å². The smallest absolute Gasteiger partial charge is 0.229 e. The minimum absolute atomic E-state index is 0.248. The first kappa shape index (κ1) is 27.8. The van der Waals surface area contributed by atoms with Gasteiger partial charge < -0.3 is 15.5 Å². The second-order valence-electron chi connectivity index (χ2n) is 10.6. The van der Waals surface area contributed by atoms with Gasteiger partial charge in [0, 0.05) is 30.5 Å². The lowest BCUT2D eigenvalue weighted by Gasteiger charge is -2.33. The quantitative estimate of drug-likeness (QED) is 0.315. The third-order valence-corrected chi connectivity index (χ3v) is 9.90. The molecule has 2 fully saturated rings. The van der Waals surface area contributed by atoms with Crippen LogP contribution in [0.15, 0.2) is 24.4 Å². The second kappa shape index (κ2) is 11.8. The predicted molar refractivity (Wildman–Crippen MR) is 156 cm³/mol.